The molecule has 0 aromatic heterocycles. The quantitative estimate of drug-likeness (QED) is 0.903. The van der Waals surface area contributed by atoms with Crippen LogP contribution < -0.4 is 10.2 Å². The zero-order chi connectivity index (χ0) is 18.1. The Labute approximate surface area is 151 Å². The smallest absolute Gasteiger partial charge is 0.253 e. The fourth-order valence-electron chi connectivity index (χ4n) is 3.51. The van der Waals surface area contributed by atoms with Gasteiger partial charge in [0.05, 0.1) is 0 Å². The number of rotatable bonds is 2. The van der Waals surface area contributed by atoms with Gasteiger partial charge in [0.15, 0.2) is 0 Å². The van der Waals surface area contributed by atoms with Crippen molar-refractivity contribution in [2.24, 2.45) is 0 Å². The lowest BCUT2D eigenvalue weighted by Crippen LogP contribution is -2.48. The van der Waals surface area contributed by atoms with Crippen LogP contribution in [0.3, 0.4) is 0 Å². The maximum Gasteiger partial charge on any atom is 0.253 e. The van der Waals surface area contributed by atoms with E-state index in [1.165, 1.54) is 24.3 Å². The van der Waals surface area contributed by atoms with Crippen LogP contribution in [0.25, 0.3) is 0 Å². The molecule has 0 radical (unpaired) electrons. The van der Waals surface area contributed by atoms with E-state index in [2.05, 4.69) is 16.3 Å². The normalized spacial score (nSPS) is 16.9. The largest absolute Gasteiger partial charge is 0.368 e. The fourth-order valence-corrected chi connectivity index (χ4v) is 3.51. The maximum atomic E-state index is 13.0. The minimum absolute atomic E-state index is 0.0576. The van der Waals surface area contributed by atoms with E-state index in [0.717, 1.165) is 36.4 Å². The highest BCUT2D eigenvalue weighted by atomic mass is 19.1. The molecule has 2 heterocycles. The lowest BCUT2D eigenvalue weighted by molar-refractivity contribution is -0.116. The molecule has 0 spiro atoms. The van der Waals surface area contributed by atoms with Crippen molar-refractivity contribution < 1.29 is 14.0 Å². The molecule has 1 N–H and O–H groups in total. The highest BCUT2D eigenvalue weighted by Gasteiger charge is 2.23. The Morgan fingerprint density at radius 1 is 0.962 bits per heavy atom. The average Bonchev–Trinajstić information content (AvgIpc) is 2.68. The Hall–Kier alpha value is -2.89. The zero-order valence-electron chi connectivity index (χ0n) is 14.4. The summed E-state index contributed by atoms with van der Waals surface area (Å²) in [6, 6.07) is 11.8. The lowest BCUT2D eigenvalue weighted by Gasteiger charge is -2.36. The summed E-state index contributed by atoms with van der Waals surface area (Å²) in [5.41, 5.74) is 3.69. The van der Waals surface area contributed by atoms with Crippen LogP contribution in [0.4, 0.5) is 15.8 Å². The molecule has 0 unspecified atom stereocenters. The summed E-state index contributed by atoms with van der Waals surface area (Å²) < 4.78 is 13.0. The maximum absolute atomic E-state index is 13.0. The molecular formula is C20H20FN3O2. The molecule has 2 amide bonds. The van der Waals surface area contributed by atoms with E-state index in [1.54, 1.807) is 0 Å². The van der Waals surface area contributed by atoms with Crippen molar-refractivity contribution in [3.8, 4) is 0 Å². The van der Waals surface area contributed by atoms with Crippen molar-refractivity contribution >= 4 is 23.2 Å². The highest BCUT2D eigenvalue weighted by molar-refractivity contribution is 5.95. The molecule has 1 fully saturated rings. The number of halogens is 1. The van der Waals surface area contributed by atoms with E-state index in [0.29, 0.717) is 25.1 Å². The van der Waals surface area contributed by atoms with Crippen LogP contribution >= 0.6 is 0 Å². The molecule has 0 saturated carbocycles. The van der Waals surface area contributed by atoms with Gasteiger partial charge in [-0.15, -0.1) is 0 Å². The molecule has 1 saturated heterocycles. The highest BCUT2D eigenvalue weighted by Crippen LogP contribution is 2.28. The van der Waals surface area contributed by atoms with Crippen LogP contribution in [0.2, 0.25) is 0 Å². The molecular weight excluding hydrogens is 333 g/mol. The summed E-state index contributed by atoms with van der Waals surface area (Å²) in [5.74, 6) is -0.328. The standard InChI is InChI=1S/C20H20FN3O2/c21-16-4-1-14(2-5-16)20(26)24-11-9-23(10-12-24)17-6-7-18-15(13-17)3-8-19(25)22-18/h1-2,4-7,13H,3,8-12H2,(H,22,25). The Bertz CT molecular complexity index is 843. The number of nitrogens with one attached hydrogen (secondary N) is 1. The van der Waals surface area contributed by atoms with E-state index < -0.39 is 0 Å². The third kappa shape index (κ3) is 3.27. The third-order valence-electron chi connectivity index (χ3n) is 5.01. The number of carbonyl (C=O) groups is 2. The van der Waals surface area contributed by atoms with Gasteiger partial charge in [-0.3, -0.25) is 9.59 Å². The second-order valence-electron chi connectivity index (χ2n) is 6.68. The predicted octanol–water partition coefficient (Wildman–Crippen LogP) is 2.67. The van der Waals surface area contributed by atoms with Crippen LogP contribution in [0, 0.1) is 5.82 Å². The van der Waals surface area contributed by atoms with E-state index in [-0.39, 0.29) is 17.6 Å². The van der Waals surface area contributed by atoms with E-state index in [1.807, 2.05) is 17.0 Å². The number of hydrogen-bond donors (Lipinski definition) is 1. The van der Waals surface area contributed by atoms with Gasteiger partial charge >= 0.3 is 0 Å². The topological polar surface area (TPSA) is 52.7 Å². The Morgan fingerprint density at radius 3 is 2.42 bits per heavy atom. The number of anilines is 2. The van der Waals surface area contributed by atoms with Crippen molar-refractivity contribution in [2.45, 2.75) is 12.8 Å². The molecule has 2 aromatic carbocycles. The summed E-state index contributed by atoms with van der Waals surface area (Å²) in [5, 5.41) is 2.90. The molecule has 2 aliphatic rings. The van der Waals surface area contributed by atoms with Gasteiger partial charge < -0.3 is 15.1 Å². The molecule has 0 aliphatic carbocycles. The van der Waals surface area contributed by atoms with E-state index in [9.17, 15) is 14.0 Å². The van der Waals surface area contributed by atoms with Gasteiger partial charge in [0.1, 0.15) is 5.82 Å². The van der Waals surface area contributed by atoms with Crippen LogP contribution in [0.15, 0.2) is 42.5 Å². The predicted molar refractivity (Wildman–Crippen MR) is 97.9 cm³/mol. The van der Waals surface area contributed by atoms with Crippen LogP contribution in [0.5, 0.6) is 0 Å². The molecule has 134 valence electrons. The number of amides is 2. The first kappa shape index (κ1) is 16.6. The van der Waals surface area contributed by atoms with Crippen molar-refractivity contribution in [2.75, 3.05) is 36.4 Å². The number of piperazine rings is 1. The molecule has 0 bridgehead atoms. The fraction of sp³-hybridized carbons (Fsp3) is 0.300. The van der Waals surface area contributed by atoms with Gasteiger partial charge in [0.25, 0.3) is 5.91 Å². The molecule has 5 nitrogen and oxygen atoms in total. The summed E-state index contributed by atoms with van der Waals surface area (Å²) in [6.45, 7) is 2.75. The van der Waals surface area contributed by atoms with Crippen LogP contribution in [-0.2, 0) is 11.2 Å². The summed E-state index contributed by atoms with van der Waals surface area (Å²) >= 11 is 0. The molecule has 4 rings (SSSR count). The van der Waals surface area contributed by atoms with Crippen molar-refractivity contribution in [3.63, 3.8) is 0 Å². The Kier molecular flexibility index (Phi) is 4.32. The van der Waals surface area contributed by atoms with Gasteiger partial charge in [-0.25, -0.2) is 4.39 Å². The van der Waals surface area contributed by atoms with Crippen molar-refractivity contribution in [3.05, 3.63) is 59.4 Å². The number of aryl methyl sites for hydroxylation is 1. The molecule has 0 atom stereocenters. The minimum Gasteiger partial charge on any atom is -0.368 e. The van der Waals surface area contributed by atoms with E-state index in [4.69, 9.17) is 0 Å². The number of nitrogens with zero attached hydrogens (tertiary/aromatic N) is 2. The second-order valence-corrected chi connectivity index (χ2v) is 6.68. The molecule has 2 aliphatic heterocycles. The molecule has 6 heteroatoms. The third-order valence-corrected chi connectivity index (χ3v) is 5.01. The molecule has 2 aromatic rings. The van der Waals surface area contributed by atoms with Gasteiger partial charge in [0, 0.05) is 49.5 Å². The van der Waals surface area contributed by atoms with Crippen molar-refractivity contribution in [1.82, 2.24) is 4.90 Å². The number of hydrogen-bond acceptors (Lipinski definition) is 3. The summed E-state index contributed by atoms with van der Waals surface area (Å²) in [6.07, 6.45) is 1.29. The van der Waals surface area contributed by atoms with Crippen molar-refractivity contribution in [1.29, 1.82) is 0 Å². The SMILES string of the molecule is O=C1CCc2cc(N3CCN(C(=O)c4ccc(F)cc4)CC3)ccc2N1. The zero-order valence-corrected chi connectivity index (χ0v) is 14.4. The second kappa shape index (κ2) is 6.78. The van der Waals surface area contributed by atoms with Gasteiger partial charge in [0.2, 0.25) is 5.91 Å². The van der Waals surface area contributed by atoms with Crippen LogP contribution in [-0.4, -0.2) is 42.9 Å². The first-order valence-electron chi connectivity index (χ1n) is 8.83. The summed E-state index contributed by atoms with van der Waals surface area (Å²) in [7, 11) is 0. The lowest BCUT2D eigenvalue weighted by atomic mass is 10.0. The summed E-state index contributed by atoms with van der Waals surface area (Å²) in [4.78, 5) is 28.1. The Balaban J connectivity index is 1.41. The monoisotopic (exact) mass is 353 g/mol. The first-order valence-corrected chi connectivity index (χ1v) is 8.83. The average molecular weight is 353 g/mol. The van der Waals surface area contributed by atoms with Gasteiger partial charge in [-0.05, 0) is 54.4 Å². The van der Waals surface area contributed by atoms with Gasteiger partial charge in [-0.1, -0.05) is 0 Å². The number of fused-ring (bicyclic) bond motifs is 1. The Morgan fingerprint density at radius 2 is 1.69 bits per heavy atom. The van der Waals surface area contributed by atoms with Gasteiger partial charge in [-0.2, -0.15) is 0 Å². The minimum atomic E-state index is -0.338. The van der Waals surface area contributed by atoms with Crippen LogP contribution in [0.1, 0.15) is 22.3 Å². The number of carbonyl (C=O) groups excluding carboxylic acids is 2. The molecule has 26 heavy (non-hydrogen) atoms. The number of benzene rings is 2. The first-order chi connectivity index (χ1) is 12.6. The van der Waals surface area contributed by atoms with E-state index >= 15 is 0 Å².